The van der Waals surface area contributed by atoms with Crippen LogP contribution in [0.1, 0.15) is 12.6 Å². The van der Waals surface area contributed by atoms with Crippen molar-refractivity contribution in [2.24, 2.45) is 15.9 Å². The summed E-state index contributed by atoms with van der Waals surface area (Å²) in [4.78, 5) is 13.0. The molecule has 4 rings (SSSR count). The highest BCUT2D eigenvalue weighted by molar-refractivity contribution is 7.90. The Hall–Kier alpha value is -4.37. The predicted octanol–water partition coefficient (Wildman–Crippen LogP) is -1.28. The van der Waals surface area contributed by atoms with Crippen LogP contribution >= 0.6 is 0 Å². The van der Waals surface area contributed by atoms with Crippen molar-refractivity contribution in [2.45, 2.75) is 24.8 Å². The third-order valence-electron chi connectivity index (χ3n) is 5.75. The maximum absolute atomic E-state index is 13.1. The van der Waals surface area contributed by atoms with Crippen molar-refractivity contribution in [3.8, 4) is 22.4 Å². The van der Waals surface area contributed by atoms with Gasteiger partial charge in [-0.3, -0.25) is 4.79 Å². The Morgan fingerprint density at radius 2 is 1.36 bits per heavy atom. The van der Waals surface area contributed by atoms with Gasteiger partial charge in [0.2, 0.25) is 18.2 Å². The molecule has 0 aliphatic rings. The van der Waals surface area contributed by atoms with Gasteiger partial charge >= 0.3 is 0 Å². The molecule has 0 saturated carbocycles. The molecular weight excluding hydrogens is 586 g/mol. The number of carbonyl (C=O) groups excluding carboxylic acids is 1. The molecule has 0 atom stereocenters. The lowest BCUT2D eigenvalue weighted by molar-refractivity contribution is -2.00. The Morgan fingerprint density at radius 1 is 0.833 bits per heavy atom. The molecule has 0 spiro atoms. The van der Waals surface area contributed by atoms with Crippen LogP contribution in [0.5, 0.6) is 0 Å². The van der Waals surface area contributed by atoms with E-state index in [2.05, 4.69) is 40.9 Å². The number of hydrogen-bond acceptors (Lipinski definition) is 7. The number of benzene rings is 3. The fourth-order valence-electron chi connectivity index (χ4n) is 4.05. The first-order chi connectivity index (χ1) is 19.8. The highest BCUT2D eigenvalue weighted by Crippen LogP contribution is 2.25. The first kappa shape index (κ1) is 32.1. The van der Waals surface area contributed by atoms with Crippen molar-refractivity contribution < 1.29 is 46.7 Å². The molecule has 1 amide bonds. The summed E-state index contributed by atoms with van der Waals surface area (Å²) in [5, 5.41) is 2.85. The van der Waals surface area contributed by atoms with Crippen LogP contribution in [0.2, 0.25) is 0 Å². The Balaban J connectivity index is 0.000000892. The number of anilines is 1. The van der Waals surface area contributed by atoms with E-state index in [0.717, 1.165) is 34.5 Å². The van der Waals surface area contributed by atoms with Gasteiger partial charge in [0, 0.05) is 29.8 Å². The van der Waals surface area contributed by atoms with E-state index in [4.69, 9.17) is 30.1 Å². The number of guanidine groups is 1. The van der Waals surface area contributed by atoms with E-state index in [1.54, 1.807) is 0 Å². The summed E-state index contributed by atoms with van der Waals surface area (Å²) in [6.07, 6.45) is 0.727. The fraction of sp³-hybridized carbons (Fsp3) is 0.107. The number of amides is 1. The van der Waals surface area contributed by atoms with Crippen LogP contribution in [0, 0.1) is 10.2 Å². The molecule has 0 fully saturated rings. The van der Waals surface area contributed by atoms with E-state index in [1.807, 2.05) is 53.1 Å². The predicted molar refractivity (Wildman–Crippen MR) is 145 cm³/mol. The van der Waals surface area contributed by atoms with Crippen molar-refractivity contribution in [3.05, 3.63) is 103 Å². The number of pyridine rings is 1. The quantitative estimate of drug-likeness (QED) is 0.122. The van der Waals surface area contributed by atoms with Crippen LogP contribution < -0.4 is 40.0 Å². The molecule has 12 nitrogen and oxygen atoms in total. The Labute approximate surface area is 245 Å². The van der Waals surface area contributed by atoms with Gasteiger partial charge in [-0.25, -0.2) is 18.6 Å². The molecule has 1 heterocycles. The number of nitrogens with one attached hydrogen (secondary N) is 1. The minimum Gasteiger partial charge on any atom is -0.369 e. The zero-order valence-corrected chi connectivity index (χ0v) is 23.9. The summed E-state index contributed by atoms with van der Waals surface area (Å²) in [6, 6.07) is 29.9. The van der Waals surface area contributed by atoms with Gasteiger partial charge in [0.1, 0.15) is 0 Å². The van der Waals surface area contributed by atoms with Crippen molar-refractivity contribution in [3.63, 3.8) is 0 Å². The minimum atomic E-state index is -4.94. The van der Waals surface area contributed by atoms with Gasteiger partial charge in [-0.15, -0.1) is 14.6 Å². The molecule has 4 aromatic rings. The summed E-state index contributed by atoms with van der Waals surface area (Å²) in [6.45, 7) is 2.14. The summed E-state index contributed by atoms with van der Waals surface area (Å²) < 4.78 is 63.6. The second kappa shape index (κ2) is 14.0. The van der Waals surface area contributed by atoms with Crippen LogP contribution in [0.4, 0.5) is 5.69 Å². The Kier molecular flexibility index (Phi) is 10.7. The first-order valence-electron chi connectivity index (χ1n) is 12.3. The molecule has 5 N–H and O–H groups in total. The molecule has 1 aromatic heterocycles. The van der Waals surface area contributed by atoms with Crippen molar-refractivity contribution in [1.82, 2.24) is 0 Å². The molecular formula is C28H28ClN5O7S. The van der Waals surface area contributed by atoms with E-state index in [-0.39, 0.29) is 17.3 Å². The Morgan fingerprint density at radius 3 is 1.86 bits per heavy atom. The second-order valence-electron chi connectivity index (χ2n) is 8.73. The molecule has 0 unspecified atom stereocenters. The van der Waals surface area contributed by atoms with Gasteiger partial charge in [0.05, 0.1) is 4.90 Å². The van der Waals surface area contributed by atoms with Crippen LogP contribution in [-0.4, -0.2) is 20.3 Å². The van der Waals surface area contributed by atoms with E-state index in [1.165, 1.54) is 24.3 Å². The van der Waals surface area contributed by atoms with Crippen molar-refractivity contribution in [2.75, 3.05) is 5.32 Å². The molecule has 14 heteroatoms. The summed E-state index contributed by atoms with van der Waals surface area (Å²) in [5.74, 6) is -0.794. The van der Waals surface area contributed by atoms with Gasteiger partial charge in [-0.05, 0) is 47.5 Å². The number of hydrogen-bond donors (Lipinski definition) is 3. The normalized spacial score (nSPS) is 11.2. The van der Waals surface area contributed by atoms with Gasteiger partial charge < -0.3 is 16.8 Å². The molecule has 0 radical (unpaired) electrons. The van der Waals surface area contributed by atoms with Gasteiger partial charge in [-0.2, -0.15) is 13.0 Å². The summed E-state index contributed by atoms with van der Waals surface area (Å²) in [7, 11) is -8.95. The number of nitrogens with zero attached hydrogens (tertiary/aromatic N) is 2. The van der Waals surface area contributed by atoms with Crippen LogP contribution in [0.25, 0.3) is 22.4 Å². The third-order valence-corrected chi connectivity index (χ3v) is 7.07. The Bertz CT molecular complexity index is 1640. The number of aryl methyl sites for hydroxylation is 1. The van der Waals surface area contributed by atoms with Gasteiger partial charge in [0.25, 0.3) is 15.9 Å². The highest BCUT2D eigenvalue weighted by atomic mass is 35.7. The van der Waals surface area contributed by atoms with Gasteiger partial charge in [0.15, 0.2) is 5.69 Å². The number of halogens is 1. The number of aromatic nitrogens is 1. The maximum Gasteiger partial charge on any atom is 0.290 e. The average Bonchev–Trinajstić information content (AvgIpc) is 2.92. The monoisotopic (exact) mass is 613 g/mol. The summed E-state index contributed by atoms with van der Waals surface area (Å²) >= 11 is 0. The largest absolute Gasteiger partial charge is 0.369 e. The maximum atomic E-state index is 13.1. The topological polar surface area (TPSA) is 224 Å². The lowest BCUT2D eigenvalue weighted by Crippen LogP contribution is -2.68. The molecule has 0 bridgehead atoms. The van der Waals surface area contributed by atoms with Crippen molar-refractivity contribution in [1.29, 1.82) is 0 Å². The van der Waals surface area contributed by atoms with E-state index >= 15 is 0 Å². The smallest absolute Gasteiger partial charge is 0.290 e. The third kappa shape index (κ3) is 9.62. The minimum absolute atomic E-state index is 0.0793. The molecule has 220 valence electrons. The number of nitrogens with two attached hydrogens (primary N) is 2. The van der Waals surface area contributed by atoms with Crippen molar-refractivity contribution >= 4 is 27.6 Å². The van der Waals surface area contributed by atoms with E-state index in [0.29, 0.717) is 5.69 Å². The standard InChI is InChI=1S/C28H27N5O3S.ClHO4/c1-2-24-17-22(20-9-5-3-6-10-20)18-26(21-11-7-4-8-12-21)33(24)19-27(34)31-23-13-15-25(16-14-23)37(35,36)32-28(29)30;2-1(3,4)5/h3-18H,2,19H2,1H3,(H4-,29,30,31,32,34);(H,2,3,4,5). The lowest BCUT2D eigenvalue weighted by Gasteiger charge is -2.17. The van der Waals surface area contributed by atoms with E-state index in [9.17, 15) is 13.2 Å². The molecule has 3 aromatic carbocycles. The zero-order valence-electron chi connectivity index (χ0n) is 22.3. The highest BCUT2D eigenvalue weighted by Gasteiger charge is 2.23. The van der Waals surface area contributed by atoms with Crippen LogP contribution in [0.3, 0.4) is 0 Å². The average molecular weight is 614 g/mol. The molecule has 0 aliphatic carbocycles. The van der Waals surface area contributed by atoms with E-state index < -0.39 is 26.2 Å². The number of sulfonamides is 1. The molecule has 0 saturated heterocycles. The second-order valence-corrected chi connectivity index (χ2v) is 11.1. The van der Waals surface area contributed by atoms with Gasteiger partial charge in [-0.1, -0.05) is 55.5 Å². The SMILES string of the molecule is CCc1cc(-c2ccccc2)cc(-c2ccccc2)[n+]1CC(=O)Nc1ccc(S(=O)(=O)N=C(N)N)cc1.[O-][Cl+3]([O-])([O-])[O-]. The summed E-state index contributed by atoms with van der Waals surface area (Å²) in [5.41, 5.74) is 15.9. The number of rotatable bonds is 8. The number of carbonyl (C=O) groups is 1. The zero-order chi connectivity index (χ0) is 30.9. The molecule has 42 heavy (non-hydrogen) atoms. The van der Waals surface area contributed by atoms with Crippen LogP contribution in [-0.2, 0) is 27.8 Å². The lowest BCUT2D eigenvalue weighted by atomic mass is 10.0. The van der Waals surface area contributed by atoms with Crippen LogP contribution in [0.15, 0.2) is 106 Å². The molecule has 0 aliphatic heterocycles. The first-order valence-corrected chi connectivity index (χ1v) is 15.0. The fourth-order valence-corrected chi connectivity index (χ4v) is 4.91.